The molecule has 13 nitrogen and oxygen atoms in total. The highest BCUT2D eigenvalue weighted by atomic mass is 16.6. The number of aliphatic hydroxyl groups excluding tert-OH is 7. The molecule has 0 spiro atoms. The molecule has 0 unspecified atom stereocenters. The first-order valence-corrected chi connectivity index (χ1v) is 12.4. The van der Waals surface area contributed by atoms with Gasteiger partial charge in [-0.05, 0) is 24.3 Å². The molecule has 39 heavy (non-hydrogen) atoms. The van der Waals surface area contributed by atoms with Gasteiger partial charge in [0.05, 0.1) is 50.1 Å². The van der Waals surface area contributed by atoms with Gasteiger partial charge in [-0.2, -0.15) is 10.2 Å². The molecule has 1 fully saturated rings. The van der Waals surface area contributed by atoms with Crippen molar-refractivity contribution in [1.29, 1.82) is 0 Å². The van der Waals surface area contributed by atoms with E-state index in [1.54, 1.807) is 36.4 Å². The van der Waals surface area contributed by atoms with Crippen LogP contribution in [-0.2, 0) is 9.47 Å². The maximum atomic E-state index is 11.2. The molecule has 214 valence electrons. The van der Waals surface area contributed by atoms with Crippen LogP contribution < -0.4 is 10.9 Å². The Morgan fingerprint density at radius 1 is 0.872 bits per heavy atom. The second kappa shape index (κ2) is 15.6. The van der Waals surface area contributed by atoms with Gasteiger partial charge in [0.2, 0.25) is 0 Å². The number of aliphatic hydroxyl groups is 7. The fourth-order valence-corrected chi connectivity index (χ4v) is 3.90. The third-order valence-electron chi connectivity index (χ3n) is 6.23. The number of rotatable bonds is 14. The Morgan fingerprint density at radius 2 is 1.46 bits per heavy atom. The van der Waals surface area contributed by atoms with Gasteiger partial charge in [0.25, 0.3) is 0 Å². The highest BCUT2D eigenvalue weighted by molar-refractivity contribution is 6.32. The van der Waals surface area contributed by atoms with E-state index in [1.165, 1.54) is 6.21 Å². The summed E-state index contributed by atoms with van der Waals surface area (Å²) in [7, 11) is 0. The normalized spacial score (nSPS) is 26.2. The van der Waals surface area contributed by atoms with E-state index in [2.05, 4.69) is 21.1 Å². The summed E-state index contributed by atoms with van der Waals surface area (Å²) in [4.78, 5) is 0. The standard InChI is InChI=1S/C26H36N4O9/c31-12-20(33)18(14-38-15-22-25(36)26(37)24(35)21(13-32)39-22)23(34)19(30-29-17-9-5-2-6-10-17)11-27-28-16-7-3-1-4-8-16/h1-11,18,20-26,28-29,31-37H,12-15H2/t18-,20-,21+,22-,23-,24-,25-,26-/m0/s1. The third-order valence-corrected chi connectivity index (χ3v) is 6.23. The van der Waals surface area contributed by atoms with Crippen molar-refractivity contribution in [2.45, 2.75) is 42.7 Å². The van der Waals surface area contributed by atoms with Crippen molar-refractivity contribution >= 4 is 23.3 Å². The fraction of sp³-hybridized carbons (Fsp3) is 0.462. The zero-order valence-electron chi connectivity index (χ0n) is 21.1. The first-order valence-electron chi connectivity index (χ1n) is 12.4. The molecule has 1 aliphatic rings. The summed E-state index contributed by atoms with van der Waals surface area (Å²) in [5, 5.41) is 79.1. The lowest BCUT2D eigenvalue weighted by Gasteiger charge is -2.40. The number of hydrogen-bond donors (Lipinski definition) is 9. The van der Waals surface area contributed by atoms with Gasteiger partial charge in [0.15, 0.2) is 0 Å². The van der Waals surface area contributed by atoms with Gasteiger partial charge >= 0.3 is 0 Å². The summed E-state index contributed by atoms with van der Waals surface area (Å²) in [5.41, 5.74) is 6.96. The Bertz CT molecular complexity index is 1030. The van der Waals surface area contributed by atoms with Gasteiger partial charge in [-0.15, -0.1) is 0 Å². The summed E-state index contributed by atoms with van der Waals surface area (Å²) in [6.07, 6.45) is -8.41. The Balaban J connectivity index is 1.72. The summed E-state index contributed by atoms with van der Waals surface area (Å²) in [6.45, 7) is -1.90. The van der Waals surface area contributed by atoms with Gasteiger partial charge in [0, 0.05) is 5.92 Å². The van der Waals surface area contributed by atoms with Crippen molar-refractivity contribution in [3.8, 4) is 0 Å². The average Bonchev–Trinajstić information content (AvgIpc) is 2.97. The highest BCUT2D eigenvalue weighted by Gasteiger charge is 2.43. The second-order valence-electron chi connectivity index (χ2n) is 9.01. The Morgan fingerprint density at radius 3 is 2.05 bits per heavy atom. The Kier molecular flexibility index (Phi) is 12.2. The highest BCUT2D eigenvalue weighted by Crippen LogP contribution is 2.22. The molecule has 0 aromatic heterocycles. The molecule has 0 amide bonds. The number of ether oxygens (including phenoxy) is 2. The molecular formula is C26H36N4O9. The van der Waals surface area contributed by atoms with E-state index in [9.17, 15) is 35.7 Å². The molecule has 8 atom stereocenters. The second-order valence-corrected chi connectivity index (χ2v) is 9.01. The number of hydrogen-bond acceptors (Lipinski definition) is 13. The smallest absolute Gasteiger partial charge is 0.111 e. The summed E-state index contributed by atoms with van der Waals surface area (Å²) in [5.74, 6) is -1.10. The lowest BCUT2D eigenvalue weighted by Crippen LogP contribution is -2.59. The zero-order valence-corrected chi connectivity index (χ0v) is 21.1. The number of benzene rings is 2. The minimum Gasteiger partial charge on any atom is -0.394 e. The summed E-state index contributed by atoms with van der Waals surface area (Å²) in [6, 6.07) is 18.0. The molecule has 0 aliphatic carbocycles. The van der Waals surface area contributed by atoms with Crippen LogP contribution in [0.1, 0.15) is 0 Å². The van der Waals surface area contributed by atoms with Gasteiger partial charge in [-0.1, -0.05) is 36.4 Å². The fourth-order valence-electron chi connectivity index (χ4n) is 3.90. The van der Waals surface area contributed by atoms with Gasteiger partial charge in [-0.3, -0.25) is 10.9 Å². The van der Waals surface area contributed by atoms with E-state index in [1.807, 2.05) is 24.3 Å². The minimum atomic E-state index is -1.56. The lowest BCUT2D eigenvalue weighted by atomic mass is 9.93. The number of nitrogens with one attached hydrogen (secondary N) is 2. The molecule has 0 saturated carbocycles. The Hall–Kier alpha value is -2.98. The van der Waals surface area contributed by atoms with Gasteiger partial charge < -0.3 is 45.2 Å². The van der Waals surface area contributed by atoms with E-state index in [0.29, 0.717) is 11.4 Å². The molecule has 9 N–H and O–H groups in total. The molecule has 0 radical (unpaired) electrons. The molecular weight excluding hydrogens is 512 g/mol. The van der Waals surface area contributed by atoms with Crippen molar-refractivity contribution in [3.05, 3.63) is 60.7 Å². The molecule has 1 heterocycles. The van der Waals surface area contributed by atoms with Crippen LogP contribution in [0.15, 0.2) is 70.9 Å². The summed E-state index contributed by atoms with van der Waals surface area (Å²) < 4.78 is 11.0. The average molecular weight is 549 g/mol. The third kappa shape index (κ3) is 8.76. The van der Waals surface area contributed by atoms with Crippen molar-refractivity contribution < 1.29 is 45.2 Å². The quantitative estimate of drug-likeness (QED) is 0.101. The van der Waals surface area contributed by atoms with Crippen LogP contribution in [0.3, 0.4) is 0 Å². The molecule has 2 aromatic carbocycles. The van der Waals surface area contributed by atoms with E-state index in [4.69, 9.17) is 9.47 Å². The minimum absolute atomic E-state index is 0.0104. The number of nitrogens with zero attached hydrogens (tertiary/aromatic N) is 2. The Labute approximate surface area is 225 Å². The van der Waals surface area contributed by atoms with Crippen molar-refractivity contribution in [2.75, 3.05) is 37.3 Å². The van der Waals surface area contributed by atoms with E-state index >= 15 is 0 Å². The van der Waals surface area contributed by atoms with Crippen LogP contribution in [0.25, 0.3) is 0 Å². The number of hydrazone groups is 2. The molecule has 13 heteroatoms. The van der Waals surface area contributed by atoms with E-state index < -0.39 is 61.9 Å². The van der Waals surface area contributed by atoms with Crippen molar-refractivity contribution in [2.24, 2.45) is 16.1 Å². The largest absolute Gasteiger partial charge is 0.394 e. The number of para-hydroxylation sites is 2. The van der Waals surface area contributed by atoms with E-state index in [-0.39, 0.29) is 18.9 Å². The maximum Gasteiger partial charge on any atom is 0.111 e. The first kappa shape index (κ1) is 30.6. The maximum absolute atomic E-state index is 11.2. The van der Waals surface area contributed by atoms with Crippen LogP contribution in [0.4, 0.5) is 11.4 Å². The predicted molar refractivity (Wildman–Crippen MR) is 143 cm³/mol. The SMILES string of the molecule is OC[C@H](O)[C@H](COC[C@@H]1O[C@H](CO)[C@H](O)[C@H](O)[C@H]1O)[C@H](O)C(C=NNc1ccccc1)=NNc1ccccc1. The molecule has 1 saturated heterocycles. The topological polar surface area (TPSA) is 209 Å². The van der Waals surface area contributed by atoms with Crippen LogP contribution >= 0.6 is 0 Å². The molecule has 2 aromatic rings. The van der Waals surface area contributed by atoms with Crippen molar-refractivity contribution in [1.82, 2.24) is 0 Å². The van der Waals surface area contributed by atoms with Gasteiger partial charge in [0.1, 0.15) is 42.3 Å². The first-order chi connectivity index (χ1) is 18.8. The van der Waals surface area contributed by atoms with Gasteiger partial charge in [-0.25, -0.2) is 0 Å². The molecule has 0 bridgehead atoms. The number of anilines is 2. The van der Waals surface area contributed by atoms with Crippen LogP contribution in [0.5, 0.6) is 0 Å². The van der Waals surface area contributed by atoms with Crippen LogP contribution in [0.2, 0.25) is 0 Å². The lowest BCUT2D eigenvalue weighted by molar-refractivity contribution is -0.240. The van der Waals surface area contributed by atoms with Crippen LogP contribution in [-0.4, -0.2) is 117 Å². The van der Waals surface area contributed by atoms with Crippen LogP contribution in [0, 0.1) is 5.92 Å². The molecule has 3 rings (SSSR count). The van der Waals surface area contributed by atoms with E-state index in [0.717, 1.165) is 0 Å². The molecule has 1 aliphatic heterocycles. The van der Waals surface area contributed by atoms with Crippen molar-refractivity contribution in [3.63, 3.8) is 0 Å². The predicted octanol–water partition coefficient (Wildman–Crippen LogP) is -1.26. The summed E-state index contributed by atoms with van der Waals surface area (Å²) >= 11 is 0. The zero-order chi connectivity index (χ0) is 28.2. The monoisotopic (exact) mass is 548 g/mol.